The summed E-state index contributed by atoms with van der Waals surface area (Å²) in [6.07, 6.45) is 5.95. The molecule has 1 unspecified atom stereocenters. The lowest BCUT2D eigenvalue weighted by Crippen LogP contribution is -2.40. The summed E-state index contributed by atoms with van der Waals surface area (Å²) in [5, 5.41) is 9.71. The first kappa shape index (κ1) is 22.9. The number of methoxy groups -OCH3 is 1. The molecule has 10 heteroatoms. The summed E-state index contributed by atoms with van der Waals surface area (Å²) in [4.78, 5) is 18.0. The number of hydrogen-bond acceptors (Lipinski definition) is 5. The Labute approximate surface area is 171 Å². The van der Waals surface area contributed by atoms with Crippen molar-refractivity contribution in [2.24, 2.45) is 10.9 Å². The van der Waals surface area contributed by atoms with E-state index in [1.165, 1.54) is 31.3 Å². The minimum absolute atomic E-state index is 0.209. The molecule has 0 radical (unpaired) electrons. The molecule has 1 fully saturated rings. The SMILES string of the molecule is COc1n[s+]([O-])[nH]c1=N[C@H](CC1CCCCC1)CN(CC[Si](C)(C)C)C(=O)O. The highest BCUT2D eigenvalue weighted by molar-refractivity contribution is 7.13. The number of carbonyl (C=O) groups is 1. The minimum Gasteiger partial charge on any atom is -0.548 e. The third-order valence-electron chi connectivity index (χ3n) is 5.22. The number of nitrogens with zero attached hydrogens (tertiary/aromatic N) is 3. The van der Waals surface area contributed by atoms with Crippen molar-refractivity contribution >= 4 is 25.3 Å². The lowest BCUT2D eigenvalue weighted by atomic mass is 9.85. The average molecular weight is 431 g/mol. The highest BCUT2D eigenvalue weighted by atomic mass is 32.2. The van der Waals surface area contributed by atoms with Crippen LogP contribution in [-0.4, -0.2) is 63.7 Å². The molecule has 28 heavy (non-hydrogen) atoms. The van der Waals surface area contributed by atoms with Crippen molar-refractivity contribution in [1.82, 2.24) is 13.6 Å². The van der Waals surface area contributed by atoms with Crippen LogP contribution in [0, 0.1) is 5.92 Å². The van der Waals surface area contributed by atoms with E-state index >= 15 is 0 Å². The first-order valence-corrected chi connectivity index (χ1v) is 14.9. The second-order valence-corrected chi connectivity index (χ2v) is 15.4. The molecule has 1 aliphatic rings. The second-order valence-electron chi connectivity index (χ2n) is 8.86. The first-order chi connectivity index (χ1) is 13.2. The Morgan fingerprint density at radius 1 is 1.43 bits per heavy atom. The maximum Gasteiger partial charge on any atom is 0.407 e. The molecular weight excluding hydrogens is 396 g/mol. The van der Waals surface area contributed by atoms with Crippen LogP contribution in [0.25, 0.3) is 0 Å². The average Bonchev–Trinajstić information content (AvgIpc) is 2.97. The minimum atomic E-state index is -1.58. The summed E-state index contributed by atoms with van der Waals surface area (Å²) in [5.41, 5.74) is 0.358. The molecular formula is C18H34N4O4SSi. The molecule has 2 rings (SSSR count). The molecule has 0 saturated heterocycles. The lowest BCUT2D eigenvalue weighted by molar-refractivity contribution is 0.141. The Balaban J connectivity index is 2.21. The second kappa shape index (κ2) is 10.4. The van der Waals surface area contributed by atoms with Crippen molar-refractivity contribution in [3.8, 4) is 5.88 Å². The van der Waals surface area contributed by atoms with Crippen LogP contribution in [0.5, 0.6) is 5.88 Å². The maximum atomic E-state index is 11.8. The molecule has 2 N–H and O–H groups in total. The number of hydrogen-bond donors (Lipinski definition) is 2. The molecule has 1 amide bonds. The van der Waals surface area contributed by atoms with E-state index < -0.39 is 25.3 Å². The van der Waals surface area contributed by atoms with E-state index in [9.17, 15) is 14.5 Å². The molecule has 0 bridgehead atoms. The summed E-state index contributed by atoms with van der Waals surface area (Å²) in [6.45, 7) is 7.59. The fourth-order valence-electron chi connectivity index (χ4n) is 3.63. The monoisotopic (exact) mass is 430 g/mol. The zero-order valence-electron chi connectivity index (χ0n) is 17.4. The zero-order chi connectivity index (χ0) is 20.7. The van der Waals surface area contributed by atoms with Gasteiger partial charge in [0.25, 0.3) is 0 Å². The van der Waals surface area contributed by atoms with Gasteiger partial charge in [-0.25, -0.2) is 4.79 Å². The molecule has 2 atom stereocenters. The van der Waals surface area contributed by atoms with E-state index in [2.05, 4.69) is 28.4 Å². The van der Waals surface area contributed by atoms with E-state index in [-0.39, 0.29) is 11.9 Å². The van der Waals surface area contributed by atoms with Gasteiger partial charge in [0, 0.05) is 25.5 Å². The van der Waals surface area contributed by atoms with Crippen molar-refractivity contribution in [3.05, 3.63) is 5.49 Å². The standard InChI is InChI=1S/C18H34N4O4SSi/c1-26-17-16(20-27(25)21-17)19-15(12-14-8-6-5-7-9-14)13-22(18(23)24)10-11-28(2,3)4/h14-15H,5-13H2,1-4H3,(H,19,20)(H,23,24)/t15-,27?/m1/s1. The summed E-state index contributed by atoms with van der Waals surface area (Å²) in [6, 6.07) is 0.706. The van der Waals surface area contributed by atoms with E-state index in [4.69, 9.17) is 9.73 Å². The molecule has 1 aliphatic carbocycles. The van der Waals surface area contributed by atoms with Crippen LogP contribution >= 0.6 is 11.1 Å². The van der Waals surface area contributed by atoms with Crippen molar-refractivity contribution in [2.75, 3.05) is 20.2 Å². The van der Waals surface area contributed by atoms with Crippen molar-refractivity contribution in [3.63, 3.8) is 0 Å². The Morgan fingerprint density at radius 2 is 2.11 bits per heavy atom. The first-order valence-electron chi connectivity index (χ1n) is 10.0. The van der Waals surface area contributed by atoms with Crippen LogP contribution < -0.4 is 10.2 Å². The van der Waals surface area contributed by atoms with Gasteiger partial charge in [0.15, 0.2) is 11.1 Å². The fraction of sp³-hybridized carbons (Fsp3) is 0.833. The van der Waals surface area contributed by atoms with Gasteiger partial charge in [-0.3, -0.25) is 4.99 Å². The van der Waals surface area contributed by atoms with Crippen LogP contribution in [0.4, 0.5) is 4.79 Å². The Kier molecular flexibility index (Phi) is 8.50. The summed E-state index contributed by atoms with van der Waals surface area (Å²) >= 11 is -1.58. The van der Waals surface area contributed by atoms with Crippen LogP contribution in [0.3, 0.4) is 0 Å². The van der Waals surface area contributed by atoms with Gasteiger partial charge in [0.1, 0.15) is 0 Å². The van der Waals surface area contributed by atoms with Gasteiger partial charge in [-0.1, -0.05) is 51.7 Å². The number of rotatable bonds is 9. The van der Waals surface area contributed by atoms with E-state index in [1.807, 2.05) is 0 Å². The number of ether oxygens (including phenoxy) is 1. The Morgan fingerprint density at radius 3 is 2.68 bits per heavy atom. The highest BCUT2D eigenvalue weighted by Crippen LogP contribution is 2.28. The quantitative estimate of drug-likeness (QED) is 0.458. The van der Waals surface area contributed by atoms with Crippen molar-refractivity contribution < 1.29 is 19.2 Å². The van der Waals surface area contributed by atoms with Crippen molar-refractivity contribution in [2.45, 2.75) is 70.3 Å². The predicted octanol–water partition coefficient (Wildman–Crippen LogP) is 3.70. The summed E-state index contributed by atoms with van der Waals surface area (Å²) < 4.78 is 23.4. The largest absolute Gasteiger partial charge is 0.548 e. The molecule has 0 aliphatic heterocycles. The van der Waals surface area contributed by atoms with Crippen LogP contribution in [0.15, 0.2) is 4.99 Å². The predicted molar refractivity (Wildman–Crippen MR) is 112 cm³/mol. The normalized spacial score (nSPS) is 18.2. The van der Waals surface area contributed by atoms with E-state index in [1.54, 1.807) is 0 Å². The summed E-state index contributed by atoms with van der Waals surface area (Å²) in [5.74, 6) is 0.765. The third-order valence-corrected chi connectivity index (χ3v) is 7.64. The highest BCUT2D eigenvalue weighted by Gasteiger charge is 2.25. The number of H-pyrrole nitrogens is 1. The number of carboxylic acid groups (broad SMARTS) is 1. The molecule has 0 spiro atoms. The Hall–Kier alpha value is -1.39. The number of amides is 1. The smallest absolute Gasteiger partial charge is 0.407 e. The molecule has 1 saturated carbocycles. The number of aromatic amines is 1. The molecule has 1 aromatic rings. The molecule has 8 nitrogen and oxygen atoms in total. The molecule has 1 heterocycles. The van der Waals surface area contributed by atoms with Crippen molar-refractivity contribution in [1.29, 1.82) is 0 Å². The topological polar surface area (TPSA) is 114 Å². The number of nitrogens with one attached hydrogen (secondary N) is 1. The molecule has 1 aromatic heterocycles. The van der Waals surface area contributed by atoms with Crippen LogP contribution in [0.2, 0.25) is 25.7 Å². The lowest BCUT2D eigenvalue weighted by Gasteiger charge is -2.29. The van der Waals surface area contributed by atoms with Gasteiger partial charge in [-0.2, -0.15) is 0 Å². The Bertz CT molecular complexity index is 694. The van der Waals surface area contributed by atoms with Gasteiger partial charge in [-0.05, 0) is 18.4 Å². The number of aromatic nitrogens is 2. The molecule has 0 aromatic carbocycles. The maximum absolute atomic E-state index is 11.8. The van der Waals surface area contributed by atoms with Gasteiger partial charge in [0.2, 0.25) is 5.49 Å². The van der Waals surface area contributed by atoms with Crippen LogP contribution in [-0.2, 0) is 0 Å². The van der Waals surface area contributed by atoms with E-state index in [0.29, 0.717) is 24.5 Å². The van der Waals surface area contributed by atoms with Gasteiger partial charge < -0.3 is 19.3 Å². The van der Waals surface area contributed by atoms with Crippen LogP contribution in [0.1, 0.15) is 38.5 Å². The van der Waals surface area contributed by atoms with E-state index in [0.717, 1.165) is 25.3 Å². The third kappa shape index (κ3) is 7.55. The fourth-order valence-corrected chi connectivity index (χ4v) is 5.23. The summed E-state index contributed by atoms with van der Waals surface area (Å²) in [7, 11) is 0.111. The van der Waals surface area contributed by atoms with Gasteiger partial charge in [-0.15, -0.1) is 4.37 Å². The van der Waals surface area contributed by atoms with Gasteiger partial charge >= 0.3 is 12.0 Å². The molecule has 160 valence electrons. The zero-order valence-corrected chi connectivity index (χ0v) is 19.3. The van der Waals surface area contributed by atoms with Gasteiger partial charge in [0.05, 0.1) is 13.2 Å².